The maximum absolute atomic E-state index is 6.01. The van der Waals surface area contributed by atoms with Crippen LogP contribution in [0.4, 0.5) is 0 Å². The van der Waals surface area contributed by atoms with Gasteiger partial charge in [-0.3, -0.25) is 4.90 Å². The van der Waals surface area contributed by atoms with Crippen molar-refractivity contribution in [2.75, 3.05) is 20.7 Å². The largest absolute Gasteiger partial charge is 0.380 e. The van der Waals surface area contributed by atoms with Crippen molar-refractivity contribution in [1.82, 2.24) is 4.90 Å². The van der Waals surface area contributed by atoms with Crippen molar-refractivity contribution in [1.29, 1.82) is 0 Å². The molecule has 0 saturated carbocycles. The molecule has 0 bridgehead atoms. The summed E-state index contributed by atoms with van der Waals surface area (Å²) in [4.78, 5) is 3.63. The first kappa shape index (κ1) is 16.6. The number of nitrogens with two attached hydrogens (primary N) is 1. The number of nitrogens with zero attached hydrogens (tertiary/aromatic N) is 1. The molecule has 114 valence electrons. The van der Waals surface area contributed by atoms with Gasteiger partial charge in [0.15, 0.2) is 0 Å². The molecule has 2 aromatic rings. The Balaban J connectivity index is 2.12. The molecule has 0 aliphatic rings. The first-order valence-electron chi connectivity index (χ1n) is 6.85. The maximum atomic E-state index is 6.01. The molecule has 1 aromatic heterocycles. The van der Waals surface area contributed by atoms with Crippen LogP contribution in [0.25, 0.3) is 0 Å². The lowest BCUT2D eigenvalue weighted by atomic mass is 10.0. The normalized spacial score (nSPS) is 12.8. The zero-order valence-corrected chi connectivity index (χ0v) is 14.8. The fourth-order valence-corrected chi connectivity index (χ4v) is 3.93. The van der Waals surface area contributed by atoms with Crippen molar-refractivity contribution >= 4 is 27.3 Å². The lowest BCUT2D eigenvalue weighted by Crippen LogP contribution is -2.30. The Hall–Kier alpha value is -0.720. The van der Waals surface area contributed by atoms with Crippen LogP contribution in [0, 0.1) is 0 Å². The third-order valence-electron chi connectivity index (χ3n) is 3.43. The van der Waals surface area contributed by atoms with Crippen LogP contribution in [-0.2, 0) is 17.9 Å². The Morgan fingerprint density at radius 2 is 2.19 bits per heavy atom. The van der Waals surface area contributed by atoms with E-state index in [0.717, 1.165) is 11.0 Å². The molecule has 1 aromatic carbocycles. The Kier molecular flexibility index (Phi) is 6.39. The summed E-state index contributed by atoms with van der Waals surface area (Å²) in [7, 11) is 3.84. The van der Waals surface area contributed by atoms with Gasteiger partial charge in [0.2, 0.25) is 0 Å². The second-order valence-electron chi connectivity index (χ2n) is 5.08. The molecular weight excluding hydrogens is 348 g/mol. The average Bonchev–Trinajstić information content (AvgIpc) is 2.86. The predicted octanol–water partition coefficient (Wildman–Crippen LogP) is 3.79. The van der Waals surface area contributed by atoms with Gasteiger partial charge in [0.05, 0.1) is 6.61 Å². The summed E-state index contributed by atoms with van der Waals surface area (Å²) in [5.74, 6) is 0. The molecule has 0 spiro atoms. The number of halogens is 1. The van der Waals surface area contributed by atoms with E-state index in [1.54, 1.807) is 18.4 Å². The molecule has 1 unspecified atom stereocenters. The minimum absolute atomic E-state index is 0.211. The zero-order valence-electron chi connectivity index (χ0n) is 12.4. The Morgan fingerprint density at radius 3 is 2.81 bits per heavy atom. The van der Waals surface area contributed by atoms with Gasteiger partial charge in [-0.25, -0.2) is 0 Å². The standard InChI is InChI=1S/C16H21BrN2OS/c1-19(9-15-7-14(17)11-21-15)16(8-18)13-5-3-4-12(6-13)10-20-2/h3-7,11,16H,8-10,18H2,1-2H3. The van der Waals surface area contributed by atoms with Gasteiger partial charge >= 0.3 is 0 Å². The van der Waals surface area contributed by atoms with E-state index < -0.39 is 0 Å². The van der Waals surface area contributed by atoms with Crippen LogP contribution in [0.5, 0.6) is 0 Å². The molecule has 2 N–H and O–H groups in total. The van der Waals surface area contributed by atoms with Crippen LogP contribution in [0.2, 0.25) is 0 Å². The van der Waals surface area contributed by atoms with E-state index in [2.05, 4.69) is 63.6 Å². The topological polar surface area (TPSA) is 38.5 Å². The van der Waals surface area contributed by atoms with Gasteiger partial charge in [-0.15, -0.1) is 11.3 Å². The average molecular weight is 369 g/mol. The van der Waals surface area contributed by atoms with Crippen LogP contribution in [0.3, 0.4) is 0 Å². The third kappa shape index (κ3) is 4.63. The minimum atomic E-state index is 0.211. The number of ether oxygens (including phenoxy) is 1. The molecule has 0 amide bonds. The first-order chi connectivity index (χ1) is 10.1. The van der Waals surface area contributed by atoms with Crippen LogP contribution in [0.15, 0.2) is 40.2 Å². The molecule has 0 saturated heterocycles. The lowest BCUT2D eigenvalue weighted by Gasteiger charge is -2.27. The fraction of sp³-hybridized carbons (Fsp3) is 0.375. The molecule has 0 aliphatic heterocycles. The lowest BCUT2D eigenvalue weighted by molar-refractivity contribution is 0.184. The summed E-state index contributed by atoms with van der Waals surface area (Å²) in [6.45, 7) is 2.12. The van der Waals surface area contributed by atoms with E-state index in [0.29, 0.717) is 13.2 Å². The number of rotatable bonds is 7. The molecule has 2 rings (SSSR count). The van der Waals surface area contributed by atoms with Crippen molar-refractivity contribution in [3.05, 3.63) is 56.2 Å². The molecule has 0 fully saturated rings. The molecule has 0 aliphatic carbocycles. The molecular formula is C16H21BrN2OS. The predicted molar refractivity (Wildman–Crippen MR) is 92.4 cm³/mol. The number of likely N-dealkylation sites (N-methyl/N-ethyl adjacent to an activating group) is 1. The second-order valence-corrected chi connectivity index (χ2v) is 6.99. The van der Waals surface area contributed by atoms with E-state index in [9.17, 15) is 0 Å². The van der Waals surface area contributed by atoms with Gasteiger partial charge in [0, 0.05) is 41.0 Å². The fourth-order valence-electron chi connectivity index (χ4n) is 2.42. The molecule has 3 nitrogen and oxygen atoms in total. The van der Waals surface area contributed by atoms with E-state index >= 15 is 0 Å². The summed E-state index contributed by atoms with van der Waals surface area (Å²) in [6, 6.07) is 10.8. The van der Waals surface area contributed by atoms with Crippen molar-refractivity contribution < 1.29 is 4.74 Å². The minimum Gasteiger partial charge on any atom is -0.380 e. The van der Waals surface area contributed by atoms with Gasteiger partial charge in [0.25, 0.3) is 0 Å². The van der Waals surface area contributed by atoms with E-state index in [-0.39, 0.29) is 6.04 Å². The number of hydrogen-bond donors (Lipinski definition) is 1. The van der Waals surface area contributed by atoms with Crippen LogP contribution in [0.1, 0.15) is 22.0 Å². The van der Waals surface area contributed by atoms with E-state index in [1.807, 2.05) is 0 Å². The highest BCUT2D eigenvalue weighted by Crippen LogP contribution is 2.25. The van der Waals surface area contributed by atoms with E-state index in [4.69, 9.17) is 10.5 Å². The smallest absolute Gasteiger partial charge is 0.0713 e. The number of thiophene rings is 1. The first-order valence-corrected chi connectivity index (χ1v) is 8.52. The summed E-state index contributed by atoms with van der Waals surface area (Å²) in [5, 5.41) is 2.11. The molecule has 21 heavy (non-hydrogen) atoms. The summed E-state index contributed by atoms with van der Waals surface area (Å²) in [5.41, 5.74) is 8.43. The quantitative estimate of drug-likeness (QED) is 0.807. The Bertz CT molecular complexity index is 573. The van der Waals surface area contributed by atoms with Gasteiger partial charge in [-0.1, -0.05) is 24.3 Å². The van der Waals surface area contributed by atoms with Crippen molar-refractivity contribution in [2.45, 2.75) is 19.2 Å². The summed E-state index contributed by atoms with van der Waals surface area (Å²) < 4.78 is 6.35. The maximum Gasteiger partial charge on any atom is 0.0713 e. The molecule has 5 heteroatoms. The summed E-state index contributed by atoms with van der Waals surface area (Å²) in [6.07, 6.45) is 0. The monoisotopic (exact) mass is 368 g/mol. The molecule has 0 radical (unpaired) electrons. The van der Waals surface area contributed by atoms with Crippen molar-refractivity contribution in [3.8, 4) is 0 Å². The Labute approximate surface area is 138 Å². The zero-order chi connectivity index (χ0) is 15.2. The SMILES string of the molecule is COCc1cccc(C(CN)N(C)Cc2cc(Br)cs2)c1. The van der Waals surface area contributed by atoms with E-state index in [1.165, 1.54) is 16.0 Å². The highest BCUT2D eigenvalue weighted by molar-refractivity contribution is 9.10. The summed E-state index contributed by atoms with van der Waals surface area (Å²) >= 11 is 5.26. The Morgan fingerprint density at radius 1 is 1.38 bits per heavy atom. The van der Waals surface area contributed by atoms with Gasteiger partial charge in [-0.05, 0) is 40.2 Å². The van der Waals surface area contributed by atoms with Crippen molar-refractivity contribution in [2.24, 2.45) is 5.73 Å². The second kappa shape index (κ2) is 8.06. The highest BCUT2D eigenvalue weighted by Gasteiger charge is 2.16. The van der Waals surface area contributed by atoms with Crippen LogP contribution in [-0.4, -0.2) is 25.6 Å². The number of benzene rings is 1. The third-order valence-corrected chi connectivity index (χ3v) is 5.11. The molecule has 1 atom stereocenters. The van der Waals surface area contributed by atoms with Gasteiger partial charge < -0.3 is 10.5 Å². The van der Waals surface area contributed by atoms with Gasteiger partial charge in [0.1, 0.15) is 0 Å². The van der Waals surface area contributed by atoms with Crippen LogP contribution >= 0.6 is 27.3 Å². The molecule has 1 heterocycles. The van der Waals surface area contributed by atoms with Crippen molar-refractivity contribution in [3.63, 3.8) is 0 Å². The number of methoxy groups -OCH3 is 1. The number of hydrogen-bond acceptors (Lipinski definition) is 4. The van der Waals surface area contributed by atoms with Crippen LogP contribution < -0.4 is 5.73 Å². The van der Waals surface area contributed by atoms with Gasteiger partial charge in [-0.2, -0.15) is 0 Å². The highest BCUT2D eigenvalue weighted by atomic mass is 79.9.